The number of carbonyl (C=O) groups is 1. The summed E-state index contributed by atoms with van der Waals surface area (Å²) in [6, 6.07) is 9.89. The van der Waals surface area contributed by atoms with E-state index < -0.39 is 17.7 Å². The van der Waals surface area contributed by atoms with E-state index >= 15 is 0 Å². The van der Waals surface area contributed by atoms with Gasteiger partial charge in [0.05, 0.1) is 12.6 Å². The fourth-order valence-corrected chi connectivity index (χ4v) is 2.66. The van der Waals surface area contributed by atoms with Crippen LogP contribution in [-0.4, -0.2) is 39.4 Å². The predicted octanol–water partition coefficient (Wildman–Crippen LogP) is 2.12. The molecule has 1 saturated heterocycles. The summed E-state index contributed by atoms with van der Waals surface area (Å²) in [7, 11) is 0. The number of carboxylic acid groups (broad SMARTS) is 1. The molecule has 0 aromatic heterocycles. The quantitative estimate of drug-likeness (QED) is 0.844. The van der Waals surface area contributed by atoms with Crippen molar-refractivity contribution < 1.29 is 15.0 Å². The number of rotatable bonds is 2. The van der Waals surface area contributed by atoms with E-state index in [2.05, 4.69) is 0 Å². The van der Waals surface area contributed by atoms with Crippen LogP contribution in [0.3, 0.4) is 0 Å². The minimum absolute atomic E-state index is 0.207. The molecule has 1 fully saturated rings. The molecule has 1 aromatic carbocycles. The van der Waals surface area contributed by atoms with Crippen LogP contribution in [0, 0.1) is 0 Å². The van der Waals surface area contributed by atoms with E-state index in [1.54, 1.807) is 0 Å². The average molecular weight is 249 g/mol. The van der Waals surface area contributed by atoms with Gasteiger partial charge in [0, 0.05) is 5.54 Å². The Bertz CT molecular complexity index is 420. The van der Waals surface area contributed by atoms with Crippen molar-refractivity contribution in [2.24, 2.45) is 0 Å². The lowest BCUT2D eigenvalue weighted by molar-refractivity contribution is -0.00322. The molecule has 0 bridgehead atoms. The summed E-state index contributed by atoms with van der Waals surface area (Å²) in [5, 5.41) is 18.9. The standard InChI is InChI=1S/C14H19NO3/c1-14(9-11-5-3-2-4-6-11)8-7-12(16)10-15(14)13(17)18/h2-6,12,16H,7-10H2,1H3,(H,17,18)/t12-,14+/m0/s1. The number of benzene rings is 1. The van der Waals surface area contributed by atoms with Crippen LogP contribution in [0.25, 0.3) is 0 Å². The second-order valence-corrected chi connectivity index (χ2v) is 5.24. The maximum Gasteiger partial charge on any atom is 0.407 e. The molecule has 1 heterocycles. The maximum absolute atomic E-state index is 11.3. The van der Waals surface area contributed by atoms with Gasteiger partial charge >= 0.3 is 6.09 Å². The zero-order valence-electron chi connectivity index (χ0n) is 10.5. The van der Waals surface area contributed by atoms with Crippen molar-refractivity contribution in [3.8, 4) is 0 Å². The molecule has 0 spiro atoms. The van der Waals surface area contributed by atoms with Gasteiger partial charge in [0.1, 0.15) is 0 Å². The number of β-amino-alcohol motifs (C(OH)–C–C–N with tert-alkyl or cyclic N) is 1. The number of amides is 1. The van der Waals surface area contributed by atoms with Crippen molar-refractivity contribution in [2.45, 2.75) is 37.8 Å². The lowest BCUT2D eigenvalue weighted by Crippen LogP contribution is -2.57. The number of hydrogen-bond donors (Lipinski definition) is 2. The number of aliphatic hydroxyl groups is 1. The fourth-order valence-electron chi connectivity index (χ4n) is 2.66. The zero-order chi connectivity index (χ0) is 13.2. The van der Waals surface area contributed by atoms with Crippen LogP contribution in [0.2, 0.25) is 0 Å². The third-order valence-corrected chi connectivity index (χ3v) is 3.72. The van der Waals surface area contributed by atoms with Crippen LogP contribution in [0.15, 0.2) is 30.3 Å². The highest BCUT2D eigenvalue weighted by Crippen LogP contribution is 2.31. The highest BCUT2D eigenvalue weighted by molar-refractivity contribution is 5.66. The van der Waals surface area contributed by atoms with Crippen LogP contribution in [-0.2, 0) is 6.42 Å². The molecular weight excluding hydrogens is 230 g/mol. The van der Waals surface area contributed by atoms with Gasteiger partial charge in [0.2, 0.25) is 0 Å². The zero-order valence-corrected chi connectivity index (χ0v) is 10.5. The fraction of sp³-hybridized carbons (Fsp3) is 0.500. The summed E-state index contributed by atoms with van der Waals surface area (Å²) < 4.78 is 0. The number of piperidine rings is 1. The largest absolute Gasteiger partial charge is 0.465 e. The molecule has 1 aliphatic rings. The molecule has 2 rings (SSSR count). The minimum Gasteiger partial charge on any atom is -0.465 e. The van der Waals surface area contributed by atoms with Crippen LogP contribution in [0.5, 0.6) is 0 Å². The highest BCUT2D eigenvalue weighted by atomic mass is 16.4. The second-order valence-electron chi connectivity index (χ2n) is 5.24. The number of likely N-dealkylation sites (tertiary alicyclic amines) is 1. The third kappa shape index (κ3) is 2.64. The smallest absolute Gasteiger partial charge is 0.407 e. The number of hydrogen-bond acceptors (Lipinski definition) is 2. The third-order valence-electron chi connectivity index (χ3n) is 3.72. The molecule has 4 heteroatoms. The van der Waals surface area contributed by atoms with Crippen molar-refractivity contribution in [2.75, 3.05) is 6.54 Å². The molecule has 0 radical (unpaired) electrons. The second kappa shape index (κ2) is 4.98. The van der Waals surface area contributed by atoms with Crippen LogP contribution >= 0.6 is 0 Å². The number of nitrogens with zero attached hydrogens (tertiary/aromatic N) is 1. The van der Waals surface area contributed by atoms with Gasteiger partial charge in [-0.25, -0.2) is 4.79 Å². The predicted molar refractivity (Wildman–Crippen MR) is 68.5 cm³/mol. The first kappa shape index (κ1) is 12.9. The van der Waals surface area contributed by atoms with Gasteiger partial charge in [-0.05, 0) is 31.7 Å². The summed E-state index contributed by atoms with van der Waals surface area (Å²) in [5.41, 5.74) is 0.703. The Hall–Kier alpha value is -1.55. The first-order valence-electron chi connectivity index (χ1n) is 6.24. The van der Waals surface area contributed by atoms with Crippen LogP contribution in [0.4, 0.5) is 4.79 Å². The summed E-state index contributed by atoms with van der Waals surface area (Å²) in [6.07, 6.45) is 0.548. The van der Waals surface area contributed by atoms with E-state index in [1.807, 2.05) is 37.3 Å². The summed E-state index contributed by atoms with van der Waals surface area (Å²) in [5.74, 6) is 0. The molecule has 1 aromatic rings. The number of aliphatic hydroxyl groups excluding tert-OH is 1. The Morgan fingerprint density at radius 3 is 2.72 bits per heavy atom. The van der Waals surface area contributed by atoms with E-state index in [0.29, 0.717) is 19.3 Å². The molecule has 0 aliphatic carbocycles. The van der Waals surface area contributed by atoms with Gasteiger partial charge in [0.15, 0.2) is 0 Å². The normalized spacial score (nSPS) is 28.1. The summed E-state index contributed by atoms with van der Waals surface area (Å²) in [6.45, 7) is 2.17. The van der Waals surface area contributed by atoms with Gasteiger partial charge in [-0.3, -0.25) is 0 Å². The van der Waals surface area contributed by atoms with Gasteiger partial charge < -0.3 is 15.1 Å². The average Bonchev–Trinajstić information content (AvgIpc) is 2.33. The molecule has 1 aliphatic heterocycles. The SMILES string of the molecule is C[C@]1(Cc2ccccc2)CC[C@H](O)CN1C(=O)O. The van der Waals surface area contributed by atoms with Crippen molar-refractivity contribution >= 4 is 6.09 Å². The van der Waals surface area contributed by atoms with Gasteiger partial charge in [0.25, 0.3) is 0 Å². The topological polar surface area (TPSA) is 60.8 Å². The first-order chi connectivity index (χ1) is 8.51. The molecule has 2 N–H and O–H groups in total. The molecule has 1 amide bonds. The lowest BCUT2D eigenvalue weighted by atomic mass is 9.82. The van der Waals surface area contributed by atoms with E-state index in [4.69, 9.17) is 0 Å². The van der Waals surface area contributed by atoms with Crippen molar-refractivity contribution in [3.05, 3.63) is 35.9 Å². The van der Waals surface area contributed by atoms with E-state index in [1.165, 1.54) is 4.90 Å². The summed E-state index contributed by atoms with van der Waals surface area (Å²) >= 11 is 0. The van der Waals surface area contributed by atoms with Gasteiger partial charge in [-0.1, -0.05) is 30.3 Å². The van der Waals surface area contributed by atoms with Crippen LogP contribution in [0.1, 0.15) is 25.3 Å². The Morgan fingerprint density at radius 1 is 1.44 bits per heavy atom. The maximum atomic E-state index is 11.3. The molecular formula is C14H19NO3. The minimum atomic E-state index is -0.952. The van der Waals surface area contributed by atoms with Crippen molar-refractivity contribution in [3.63, 3.8) is 0 Å². The van der Waals surface area contributed by atoms with Gasteiger partial charge in [-0.2, -0.15) is 0 Å². The van der Waals surface area contributed by atoms with Crippen LogP contribution < -0.4 is 0 Å². The molecule has 0 saturated carbocycles. The molecule has 0 unspecified atom stereocenters. The lowest BCUT2D eigenvalue weighted by Gasteiger charge is -2.45. The Balaban J connectivity index is 2.19. The van der Waals surface area contributed by atoms with E-state index in [-0.39, 0.29) is 6.54 Å². The molecule has 4 nitrogen and oxygen atoms in total. The highest BCUT2D eigenvalue weighted by Gasteiger charge is 2.40. The van der Waals surface area contributed by atoms with Crippen molar-refractivity contribution in [1.29, 1.82) is 0 Å². The van der Waals surface area contributed by atoms with Gasteiger partial charge in [-0.15, -0.1) is 0 Å². The Kier molecular flexibility index (Phi) is 3.57. The Labute approximate surface area is 107 Å². The molecule has 18 heavy (non-hydrogen) atoms. The summed E-state index contributed by atoms with van der Waals surface area (Å²) in [4.78, 5) is 12.7. The first-order valence-corrected chi connectivity index (χ1v) is 6.24. The molecule has 2 atom stereocenters. The monoisotopic (exact) mass is 249 g/mol. The molecule has 98 valence electrons. The Morgan fingerprint density at radius 2 is 2.11 bits per heavy atom. The van der Waals surface area contributed by atoms with Crippen molar-refractivity contribution in [1.82, 2.24) is 4.90 Å². The van der Waals surface area contributed by atoms with E-state index in [0.717, 1.165) is 5.56 Å². The van der Waals surface area contributed by atoms with E-state index in [9.17, 15) is 15.0 Å².